The second-order valence-corrected chi connectivity index (χ2v) is 10.8. The van der Waals surface area contributed by atoms with Gasteiger partial charge in [0.25, 0.3) is 5.91 Å². The summed E-state index contributed by atoms with van der Waals surface area (Å²) in [5, 5.41) is 16.8. The molecule has 3 rings (SSSR count). The van der Waals surface area contributed by atoms with E-state index in [2.05, 4.69) is 10.4 Å². The number of allylic oxidation sites excluding steroid dienone is 1. The van der Waals surface area contributed by atoms with Gasteiger partial charge in [0.05, 0.1) is 17.0 Å². The number of alkyl halides is 2. The summed E-state index contributed by atoms with van der Waals surface area (Å²) in [5.41, 5.74) is -0.398. The van der Waals surface area contributed by atoms with Crippen molar-refractivity contribution in [2.45, 2.75) is 56.1 Å². The van der Waals surface area contributed by atoms with Crippen LogP contribution in [0.2, 0.25) is 0 Å². The maximum atomic E-state index is 13.7. The van der Waals surface area contributed by atoms with Crippen LogP contribution in [0.25, 0.3) is 5.57 Å². The zero-order valence-electron chi connectivity index (χ0n) is 18.1. The van der Waals surface area contributed by atoms with E-state index in [9.17, 15) is 27.1 Å². The van der Waals surface area contributed by atoms with Crippen molar-refractivity contribution in [3.05, 3.63) is 48.2 Å². The van der Waals surface area contributed by atoms with E-state index >= 15 is 0 Å². The fourth-order valence-electron chi connectivity index (χ4n) is 3.62. The number of carbonyl (C=O) groups is 1. The fraction of sp³-hybridized carbons (Fsp3) is 0.455. The third-order valence-corrected chi connectivity index (χ3v) is 6.25. The molecule has 174 valence electrons. The summed E-state index contributed by atoms with van der Waals surface area (Å²) in [5.74, 6) is -0.762. The SMILES string of the molecule is CC(C)(O)Cn1ccc(NC(=O)C(=CC2C[C@@H](F)[C@@H](F)C2)c2ccc(S(C)(=O)=O)cc2)n1. The van der Waals surface area contributed by atoms with Crippen molar-refractivity contribution in [2.75, 3.05) is 11.6 Å². The zero-order chi connectivity index (χ0) is 23.7. The average Bonchev–Trinajstić information content (AvgIpc) is 3.23. The molecular weight excluding hydrogens is 440 g/mol. The third-order valence-electron chi connectivity index (χ3n) is 5.12. The van der Waals surface area contributed by atoms with Gasteiger partial charge in [-0.05, 0) is 50.3 Å². The van der Waals surface area contributed by atoms with Gasteiger partial charge in [-0.15, -0.1) is 0 Å². The predicted molar refractivity (Wildman–Crippen MR) is 117 cm³/mol. The highest BCUT2D eigenvalue weighted by molar-refractivity contribution is 7.90. The van der Waals surface area contributed by atoms with Gasteiger partial charge in [-0.1, -0.05) is 18.2 Å². The molecule has 1 fully saturated rings. The van der Waals surface area contributed by atoms with E-state index in [1.165, 1.54) is 35.0 Å². The number of sulfone groups is 1. The number of carbonyl (C=O) groups excluding carboxylic acids is 1. The van der Waals surface area contributed by atoms with Gasteiger partial charge >= 0.3 is 0 Å². The first-order chi connectivity index (χ1) is 14.8. The van der Waals surface area contributed by atoms with Gasteiger partial charge in [0.15, 0.2) is 15.7 Å². The molecule has 0 aliphatic heterocycles. The molecular formula is C22H27F2N3O4S. The van der Waals surface area contributed by atoms with Crippen molar-refractivity contribution >= 4 is 27.1 Å². The van der Waals surface area contributed by atoms with Gasteiger partial charge < -0.3 is 10.4 Å². The van der Waals surface area contributed by atoms with E-state index in [0.29, 0.717) is 5.56 Å². The molecule has 1 aromatic heterocycles. The van der Waals surface area contributed by atoms with Crippen LogP contribution in [0.1, 0.15) is 32.3 Å². The summed E-state index contributed by atoms with van der Waals surface area (Å²) >= 11 is 0. The monoisotopic (exact) mass is 467 g/mol. The Bertz CT molecular complexity index is 1090. The number of nitrogens with one attached hydrogen (secondary N) is 1. The Balaban J connectivity index is 1.88. The molecule has 2 N–H and O–H groups in total. The Morgan fingerprint density at radius 2 is 1.81 bits per heavy atom. The molecule has 0 bridgehead atoms. The number of amides is 1. The molecule has 3 atom stereocenters. The van der Waals surface area contributed by atoms with Gasteiger partial charge in [0.2, 0.25) is 0 Å². The first-order valence-electron chi connectivity index (χ1n) is 10.2. The van der Waals surface area contributed by atoms with E-state index in [0.717, 1.165) is 6.26 Å². The molecule has 0 spiro atoms. The van der Waals surface area contributed by atoms with Gasteiger partial charge in [-0.3, -0.25) is 9.48 Å². The van der Waals surface area contributed by atoms with Crippen molar-refractivity contribution in [1.29, 1.82) is 0 Å². The Labute approximate surface area is 186 Å². The molecule has 1 aliphatic rings. The lowest BCUT2D eigenvalue weighted by Gasteiger charge is -2.16. The van der Waals surface area contributed by atoms with Crippen molar-refractivity contribution in [1.82, 2.24) is 9.78 Å². The largest absolute Gasteiger partial charge is 0.389 e. The quantitative estimate of drug-likeness (QED) is 0.609. The molecule has 7 nitrogen and oxygen atoms in total. The minimum atomic E-state index is -3.42. The highest BCUT2D eigenvalue weighted by atomic mass is 32.2. The van der Waals surface area contributed by atoms with Gasteiger partial charge in [0.1, 0.15) is 12.3 Å². The molecule has 1 aromatic carbocycles. The molecule has 1 aliphatic carbocycles. The van der Waals surface area contributed by atoms with Crippen molar-refractivity contribution in [2.24, 2.45) is 5.92 Å². The highest BCUT2D eigenvalue weighted by Crippen LogP contribution is 2.34. The lowest BCUT2D eigenvalue weighted by molar-refractivity contribution is -0.111. The van der Waals surface area contributed by atoms with Crippen molar-refractivity contribution in [3.8, 4) is 0 Å². The Morgan fingerprint density at radius 1 is 1.22 bits per heavy atom. The standard InChI is InChI=1S/C22H27F2N3O4S/c1-22(2,29)13-27-9-8-20(26-27)25-21(28)17(10-14-11-18(23)19(24)12-14)15-4-6-16(7-5-15)32(3,30)31/h4-10,14,18-19,29H,11-13H2,1-3H3,(H,25,26,28)/t14?,18-,19+. The first-order valence-corrected chi connectivity index (χ1v) is 12.1. The summed E-state index contributed by atoms with van der Waals surface area (Å²) in [7, 11) is -3.42. The molecule has 0 saturated heterocycles. The normalized spacial score (nSPS) is 22.2. The van der Waals surface area contributed by atoms with Crippen LogP contribution in [0.15, 0.2) is 47.5 Å². The van der Waals surface area contributed by atoms with Crippen LogP contribution in [0.4, 0.5) is 14.6 Å². The fourth-order valence-corrected chi connectivity index (χ4v) is 4.25. The topological polar surface area (TPSA) is 101 Å². The van der Waals surface area contributed by atoms with Gasteiger partial charge in [-0.2, -0.15) is 5.10 Å². The number of rotatable bonds is 7. The summed E-state index contributed by atoms with van der Waals surface area (Å²) in [6.07, 6.45) is 1.01. The van der Waals surface area contributed by atoms with Crippen LogP contribution in [-0.4, -0.2) is 53.4 Å². The molecule has 1 unspecified atom stereocenters. The number of aliphatic hydroxyl groups is 1. The lowest BCUT2D eigenvalue weighted by atomic mass is 9.98. The number of halogens is 2. The smallest absolute Gasteiger partial charge is 0.257 e. The number of hydrogen-bond acceptors (Lipinski definition) is 5. The molecule has 2 aromatic rings. The Morgan fingerprint density at radius 3 is 2.34 bits per heavy atom. The van der Waals surface area contributed by atoms with Crippen LogP contribution in [0.5, 0.6) is 0 Å². The maximum absolute atomic E-state index is 13.7. The van der Waals surface area contributed by atoms with Crippen LogP contribution < -0.4 is 5.32 Å². The lowest BCUT2D eigenvalue weighted by Crippen LogP contribution is -2.26. The Kier molecular flexibility index (Phi) is 6.85. The van der Waals surface area contributed by atoms with E-state index in [1.807, 2.05) is 0 Å². The third kappa shape index (κ3) is 6.23. The summed E-state index contributed by atoms with van der Waals surface area (Å²) in [6, 6.07) is 7.31. The molecule has 1 heterocycles. The van der Waals surface area contributed by atoms with E-state index < -0.39 is 39.6 Å². The number of anilines is 1. The number of aromatic nitrogens is 2. The second-order valence-electron chi connectivity index (χ2n) is 8.81. The molecule has 32 heavy (non-hydrogen) atoms. The molecule has 1 saturated carbocycles. The van der Waals surface area contributed by atoms with Crippen LogP contribution >= 0.6 is 0 Å². The summed E-state index contributed by atoms with van der Waals surface area (Å²) in [6.45, 7) is 3.48. The van der Waals surface area contributed by atoms with Gasteiger partial charge in [0, 0.05) is 24.1 Å². The number of nitrogens with zero attached hydrogens (tertiary/aromatic N) is 2. The van der Waals surface area contributed by atoms with Crippen molar-refractivity contribution < 1.29 is 27.1 Å². The van der Waals surface area contributed by atoms with Crippen LogP contribution in [-0.2, 0) is 21.2 Å². The summed E-state index contributed by atoms with van der Waals surface area (Å²) in [4.78, 5) is 13.2. The van der Waals surface area contributed by atoms with E-state index in [1.54, 1.807) is 26.1 Å². The average molecular weight is 468 g/mol. The Hall–Kier alpha value is -2.59. The van der Waals surface area contributed by atoms with E-state index in [4.69, 9.17) is 0 Å². The van der Waals surface area contributed by atoms with E-state index in [-0.39, 0.29) is 35.7 Å². The van der Waals surface area contributed by atoms with Crippen molar-refractivity contribution in [3.63, 3.8) is 0 Å². The summed E-state index contributed by atoms with van der Waals surface area (Å²) < 4.78 is 52.3. The predicted octanol–water partition coefficient (Wildman–Crippen LogP) is 3.17. The molecule has 0 radical (unpaired) electrons. The van der Waals surface area contributed by atoms with Gasteiger partial charge in [-0.25, -0.2) is 17.2 Å². The van der Waals surface area contributed by atoms with Crippen LogP contribution in [0.3, 0.4) is 0 Å². The minimum absolute atomic E-state index is 0.0282. The minimum Gasteiger partial charge on any atom is -0.389 e. The molecule has 1 amide bonds. The highest BCUT2D eigenvalue weighted by Gasteiger charge is 2.34. The number of hydrogen-bond donors (Lipinski definition) is 2. The maximum Gasteiger partial charge on any atom is 0.257 e. The molecule has 10 heteroatoms. The first kappa shape index (κ1) is 24.1. The second kappa shape index (κ2) is 9.11. The zero-order valence-corrected chi connectivity index (χ0v) is 18.9. The number of benzene rings is 1. The van der Waals surface area contributed by atoms with Crippen LogP contribution in [0, 0.1) is 5.92 Å².